The first-order chi connectivity index (χ1) is 11.4. The summed E-state index contributed by atoms with van der Waals surface area (Å²) in [6.07, 6.45) is -0.591. The van der Waals surface area contributed by atoms with Gasteiger partial charge in [-0.3, -0.25) is 0 Å². The van der Waals surface area contributed by atoms with Gasteiger partial charge in [0.25, 0.3) is 0 Å². The molecule has 1 atom stereocenters. The van der Waals surface area contributed by atoms with Crippen molar-refractivity contribution in [1.82, 2.24) is 15.1 Å². The molecule has 6 heteroatoms. The highest BCUT2D eigenvalue weighted by molar-refractivity contribution is 5.39. The Labute approximate surface area is 143 Å². The van der Waals surface area contributed by atoms with Crippen LogP contribution in [0.2, 0.25) is 0 Å². The van der Waals surface area contributed by atoms with E-state index in [2.05, 4.69) is 10.4 Å². The summed E-state index contributed by atoms with van der Waals surface area (Å²) in [6, 6.07) is 6.01. The molecule has 2 aromatic rings. The molecule has 1 heterocycles. The van der Waals surface area contributed by atoms with E-state index in [0.29, 0.717) is 13.1 Å². The van der Waals surface area contributed by atoms with E-state index in [4.69, 9.17) is 9.47 Å². The predicted octanol–water partition coefficient (Wildman–Crippen LogP) is 1.88. The van der Waals surface area contributed by atoms with E-state index in [1.807, 2.05) is 46.0 Å². The number of benzene rings is 1. The van der Waals surface area contributed by atoms with Crippen LogP contribution in [0, 0.1) is 20.8 Å². The fourth-order valence-corrected chi connectivity index (χ4v) is 2.77. The summed E-state index contributed by atoms with van der Waals surface area (Å²) in [5.74, 6) is 1.59. The Balaban J connectivity index is 1.83. The highest BCUT2D eigenvalue weighted by Gasteiger charge is 2.14. The predicted molar refractivity (Wildman–Crippen MR) is 93.6 cm³/mol. The van der Waals surface area contributed by atoms with Crippen LogP contribution >= 0.6 is 0 Å². The van der Waals surface area contributed by atoms with Crippen molar-refractivity contribution in [3.8, 4) is 11.6 Å². The van der Waals surface area contributed by atoms with Gasteiger partial charge in [-0.2, -0.15) is 5.10 Å². The molecule has 0 radical (unpaired) electrons. The lowest BCUT2D eigenvalue weighted by Gasteiger charge is -2.16. The molecule has 1 aromatic heterocycles. The molecule has 1 unspecified atom stereocenters. The maximum atomic E-state index is 10.1. The third-order valence-electron chi connectivity index (χ3n) is 3.99. The summed E-state index contributed by atoms with van der Waals surface area (Å²) in [7, 11) is 3.48. The number of aromatic nitrogens is 2. The number of aryl methyl sites for hydroxylation is 4. The maximum Gasteiger partial charge on any atom is 0.216 e. The van der Waals surface area contributed by atoms with Crippen molar-refractivity contribution in [2.45, 2.75) is 33.4 Å². The third-order valence-corrected chi connectivity index (χ3v) is 3.99. The molecular formula is C18H27N3O3. The first-order valence-electron chi connectivity index (χ1n) is 8.08. The van der Waals surface area contributed by atoms with Gasteiger partial charge in [0.1, 0.15) is 18.5 Å². The van der Waals surface area contributed by atoms with Crippen molar-refractivity contribution in [2.75, 3.05) is 20.3 Å². The topological polar surface area (TPSA) is 68.5 Å². The SMILES string of the molecule is COc1c(CNCC(O)COc2c(C)cccc2C)c(C)nn1C. The molecule has 0 saturated carbocycles. The van der Waals surface area contributed by atoms with Gasteiger partial charge in [0, 0.05) is 20.1 Å². The van der Waals surface area contributed by atoms with Gasteiger partial charge in [0.05, 0.1) is 18.4 Å². The number of hydrogen-bond acceptors (Lipinski definition) is 5. The van der Waals surface area contributed by atoms with E-state index < -0.39 is 6.10 Å². The fraction of sp³-hybridized carbons (Fsp3) is 0.500. The number of nitrogens with zero attached hydrogens (tertiary/aromatic N) is 2. The molecule has 0 aliphatic carbocycles. The first-order valence-corrected chi connectivity index (χ1v) is 8.08. The van der Waals surface area contributed by atoms with Crippen LogP contribution in [0.3, 0.4) is 0 Å². The zero-order valence-corrected chi connectivity index (χ0v) is 15.1. The Hall–Kier alpha value is -2.05. The Morgan fingerprint density at radius 3 is 2.54 bits per heavy atom. The second-order valence-electron chi connectivity index (χ2n) is 6.01. The smallest absolute Gasteiger partial charge is 0.216 e. The van der Waals surface area contributed by atoms with Gasteiger partial charge >= 0.3 is 0 Å². The summed E-state index contributed by atoms with van der Waals surface area (Å²) in [5.41, 5.74) is 4.07. The highest BCUT2D eigenvalue weighted by Crippen LogP contribution is 2.22. The monoisotopic (exact) mass is 333 g/mol. The lowest BCUT2D eigenvalue weighted by Crippen LogP contribution is -2.31. The van der Waals surface area contributed by atoms with Crippen LogP contribution in [0.25, 0.3) is 0 Å². The molecule has 0 amide bonds. The summed E-state index contributed by atoms with van der Waals surface area (Å²) >= 11 is 0. The van der Waals surface area contributed by atoms with E-state index in [1.54, 1.807) is 11.8 Å². The number of nitrogens with one attached hydrogen (secondary N) is 1. The lowest BCUT2D eigenvalue weighted by molar-refractivity contribution is 0.105. The minimum atomic E-state index is -0.591. The minimum Gasteiger partial charge on any atom is -0.490 e. The molecule has 132 valence electrons. The van der Waals surface area contributed by atoms with Crippen LogP contribution in [-0.2, 0) is 13.6 Å². The Kier molecular flexibility index (Phi) is 6.23. The van der Waals surface area contributed by atoms with Crippen LogP contribution < -0.4 is 14.8 Å². The van der Waals surface area contributed by atoms with E-state index in [-0.39, 0.29) is 6.61 Å². The quantitative estimate of drug-likeness (QED) is 0.772. The maximum absolute atomic E-state index is 10.1. The molecule has 0 fully saturated rings. The van der Waals surface area contributed by atoms with E-state index in [1.165, 1.54) is 0 Å². The minimum absolute atomic E-state index is 0.252. The highest BCUT2D eigenvalue weighted by atomic mass is 16.5. The van der Waals surface area contributed by atoms with Crippen LogP contribution in [0.5, 0.6) is 11.6 Å². The normalized spacial score (nSPS) is 12.2. The number of para-hydroxylation sites is 1. The zero-order valence-electron chi connectivity index (χ0n) is 15.1. The van der Waals surface area contributed by atoms with Crippen molar-refractivity contribution < 1.29 is 14.6 Å². The van der Waals surface area contributed by atoms with Crippen molar-refractivity contribution in [1.29, 1.82) is 0 Å². The molecule has 0 aliphatic rings. The molecule has 2 rings (SSSR count). The molecule has 0 spiro atoms. The number of hydrogen-bond donors (Lipinski definition) is 2. The van der Waals surface area contributed by atoms with Crippen LogP contribution in [0.4, 0.5) is 0 Å². The molecule has 6 nitrogen and oxygen atoms in total. The molecule has 0 aliphatic heterocycles. The van der Waals surface area contributed by atoms with Crippen molar-refractivity contribution >= 4 is 0 Å². The van der Waals surface area contributed by atoms with Gasteiger partial charge in [0.15, 0.2) is 0 Å². The van der Waals surface area contributed by atoms with E-state index in [0.717, 1.165) is 34.0 Å². The molecule has 0 bridgehead atoms. The number of aliphatic hydroxyl groups excluding tert-OH is 1. The van der Waals surface area contributed by atoms with Gasteiger partial charge in [-0.15, -0.1) is 0 Å². The lowest BCUT2D eigenvalue weighted by atomic mass is 10.1. The average molecular weight is 333 g/mol. The number of rotatable bonds is 8. The second kappa shape index (κ2) is 8.17. The van der Waals surface area contributed by atoms with Gasteiger partial charge < -0.3 is 19.9 Å². The molecule has 0 saturated heterocycles. The van der Waals surface area contributed by atoms with Crippen LogP contribution in [0.1, 0.15) is 22.4 Å². The second-order valence-corrected chi connectivity index (χ2v) is 6.01. The molecule has 2 N–H and O–H groups in total. The Bertz CT molecular complexity index is 662. The van der Waals surface area contributed by atoms with Crippen molar-refractivity contribution in [3.05, 3.63) is 40.6 Å². The first kappa shape index (κ1) is 18.3. The number of aliphatic hydroxyl groups is 1. The Morgan fingerprint density at radius 1 is 1.25 bits per heavy atom. The van der Waals surface area contributed by atoms with Crippen molar-refractivity contribution in [3.63, 3.8) is 0 Å². The van der Waals surface area contributed by atoms with Crippen LogP contribution in [-0.4, -0.2) is 41.3 Å². The van der Waals surface area contributed by atoms with Gasteiger partial charge in [-0.05, 0) is 31.9 Å². The van der Waals surface area contributed by atoms with Gasteiger partial charge in [-0.25, -0.2) is 4.68 Å². The van der Waals surface area contributed by atoms with Crippen LogP contribution in [0.15, 0.2) is 18.2 Å². The fourth-order valence-electron chi connectivity index (χ4n) is 2.77. The number of ether oxygens (including phenoxy) is 2. The standard InChI is InChI=1S/C18H27N3O3/c1-12-7-6-8-13(2)17(12)24-11-15(22)9-19-10-16-14(3)20-21(4)18(16)23-5/h6-8,15,19,22H,9-11H2,1-5H3. The summed E-state index contributed by atoms with van der Waals surface area (Å²) in [5, 5.41) is 17.7. The van der Waals surface area contributed by atoms with Crippen molar-refractivity contribution in [2.24, 2.45) is 7.05 Å². The van der Waals surface area contributed by atoms with E-state index >= 15 is 0 Å². The number of methoxy groups -OCH3 is 1. The third kappa shape index (κ3) is 4.27. The van der Waals surface area contributed by atoms with E-state index in [9.17, 15) is 5.11 Å². The Morgan fingerprint density at radius 2 is 1.92 bits per heavy atom. The summed E-state index contributed by atoms with van der Waals surface area (Å²) in [6.45, 7) is 7.22. The summed E-state index contributed by atoms with van der Waals surface area (Å²) in [4.78, 5) is 0. The van der Waals surface area contributed by atoms with Gasteiger partial charge in [0.2, 0.25) is 5.88 Å². The average Bonchev–Trinajstić information content (AvgIpc) is 2.80. The summed E-state index contributed by atoms with van der Waals surface area (Å²) < 4.78 is 12.8. The molecular weight excluding hydrogens is 306 g/mol. The zero-order chi connectivity index (χ0) is 17.7. The molecule has 24 heavy (non-hydrogen) atoms. The van der Waals surface area contributed by atoms with Gasteiger partial charge in [-0.1, -0.05) is 18.2 Å². The largest absolute Gasteiger partial charge is 0.490 e. The molecule has 1 aromatic carbocycles.